The van der Waals surface area contributed by atoms with Gasteiger partial charge in [0, 0.05) is 25.8 Å². The summed E-state index contributed by atoms with van der Waals surface area (Å²) in [6.07, 6.45) is 13.9. The van der Waals surface area contributed by atoms with E-state index in [1.807, 2.05) is 0 Å². The van der Waals surface area contributed by atoms with E-state index < -0.39 is 14.1 Å². The number of aromatic nitrogens is 2. The Labute approximate surface area is 350 Å². The summed E-state index contributed by atoms with van der Waals surface area (Å²) in [5.41, 5.74) is 7.71. The van der Waals surface area contributed by atoms with Crippen molar-refractivity contribution >= 4 is 46.5 Å². The molecule has 2 nitrogen and oxygen atoms in total. The van der Waals surface area contributed by atoms with Gasteiger partial charge in [0.1, 0.15) is 6.15 Å². The standard InChI is InChI=1S/C24H20B.C19H21N2P.C8H12.Ir/c1-5-13-21(14-6-1)25(22-15-7-2-8-16-22,23-17-9-3-10-18-23)24-19-11-4-12-20-24;1-16-15-17(2)21(20-16)13-14-22(18-9-5-3-6-10-18)19-11-7-4-8-12-19;1-2-4-6-8-7-5-3-1;/h1-20H;3-12,15H,13-14H2,1-2H3;1-2,7-8H,3-6H2;/q-1;;;/p+1/b;;2-1-,8-7-;. The molecule has 0 amide bonds. The molecule has 0 atom stereocenters. The maximum atomic E-state index is 4.60. The first-order valence-electron chi connectivity index (χ1n) is 19.8. The molecule has 285 valence electrons. The average Bonchev–Trinajstić information content (AvgIpc) is 3.57. The van der Waals surface area contributed by atoms with Crippen LogP contribution in [-0.2, 0) is 26.7 Å². The predicted molar refractivity (Wildman–Crippen MR) is 244 cm³/mol. The summed E-state index contributed by atoms with van der Waals surface area (Å²) in [5.74, 6) is 0. The van der Waals surface area contributed by atoms with Crippen molar-refractivity contribution in [3.05, 3.63) is 224 Å². The minimum Gasteiger partial charge on any atom is -0.266 e. The van der Waals surface area contributed by atoms with Crippen molar-refractivity contribution in [2.75, 3.05) is 6.16 Å². The Hall–Kier alpha value is -4.85. The number of hydrogen-bond donors (Lipinski definition) is 0. The van der Waals surface area contributed by atoms with Gasteiger partial charge in [0.2, 0.25) is 0 Å². The third kappa shape index (κ3) is 11.4. The fourth-order valence-electron chi connectivity index (χ4n) is 7.83. The van der Waals surface area contributed by atoms with E-state index in [9.17, 15) is 0 Å². The second-order valence-corrected chi connectivity index (χ2v) is 16.8. The fourth-order valence-corrected chi connectivity index (χ4v) is 10.4. The SMILES string of the molecule is C1=C\CC/C=C\CC/1.Cc1cc(C)n(CC[PH+](c2ccccc2)c2ccccc2)n1.[Ir].c1ccc([B-](c2ccccc2)(c2ccccc2)c2ccccc2)cc1. The number of hydrogen-bond acceptors (Lipinski definition) is 1. The molecule has 0 saturated heterocycles. The van der Waals surface area contributed by atoms with Crippen LogP contribution < -0.4 is 32.5 Å². The monoisotopic (exact) mass is 929 g/mol. The molecule has 0 bridgehead atoms. The van der Waals surface area contributed by atoms with Crippen molar-refractivity contribution in [3.63, 3.8) is 0 Å². The van der Waals surface area contributed by atoms with Crippen LogP contribution >= 0.6 is 7.92 Å². The van der Waals surface area contributed by atoms with Crippen molar-refractivity contribution in [1.29, 1.82) is 0 Å². The minimum absolute atomic E-state index is 0. The topological polar surface area (TPSA) is 17.8 Å². The Kier molecular flexibility index (Phi) is 17.1. The molecule has 56 heavy (non-hydrogen) atoms. The van der Waals surface area contributed by atoms with Crippen LogP contribution in [0.3, 0.4) is 0 Å². The summed E-state index contributed by atoms with van der Waals surface area (Å²) in [6, 6.07) is 67.5. The summed E-state index contributed by atoms with van der Waals surface area (Å²) in [4.78, 5) is 0. The van der Waals surface area contributed by atoms with Gasteiger partial charge in [0.05, 0.1) is 36.9 Å². The Morgan fingerprint density at radius 2 is 0.768 bits per heavy atom. The van der Waals surface area contributed by atoms with Gasteiger partial charge < -0.3 is 0 Å². The molecule has 0 spiro atoms. The largest absolute Gasteiger partial charge is 0.266 e. The molecule has 0 fully saturated rings. The van der Waals surface area contributed by atoms with Crippen LogP contribution in [0.4, 0.5) is 0 Å². The summed E-state index contributed by atoms with van der Waals surface area (Å²) >= 11 is 0. The van der Waals surface area contributed by atoms with Crippen LogP contribution in [0.1, 0.15) is 37.1 Å². The number of benzene rings is 6. The van der Waals surface area contributed by atoms with Crippen LogP contribution in [0.25, 0.3) is 0 Å². The molecule has 1 heterocycles. The third-order valence-corrected chi connectivity index (χ3v) is 13.2. The van der Waals surface area contributed by atoms with Crippen molar-refractivity contribution in [1.82, 2.24) is 9.78 Å². The van der Waals surface area contributed by atoms with Crippen molar-refractivity contribution in [3.8, 4) is 0 Å². The van der Waals surface area contributed by atoms with Crippen LogP contribution in [0, 0.1) is 13.8 Å². The van der Waals surface area contributed by atoms with Gasteiger partial charge in [-0.15, -0.1) is 0 Å². The van der Waals surface area contributed by atoms with Crippen LogP contribution in [0.2, 0.25) is 0 Å². The summed E-state index contributed by atoms with van der Waals surface area (Å²) in [5, 5.41) is 7.55. The van der Waals surface area contributed by atoms with Crippen LogP contribution in [0.15, 0.2) is 212 Å². The summed E-state index contributed by atoms with van der Waals surface area (Å²) in [6.45, 7) is 5.18. The molecule has 1 radical (unpaired) electrons. The third-order valence-electron chi connectivity index (χ3n) is 10.5. The first-order chi connectivity index (χ1) is 27.2. The van der Waals surface area contributed by atoms with E-state index in [4.69, 9.17) is 0 Å². The zero-order chi connectivity index (χ0) is 38.0. The molecular formula is C51H54BIrN2P. The second-order valence-electron chi connectivity index (χ2n) is 14.2. The Balaban J connectivity index is 0.000000178. The first-order valence-corrected chi connectivity index (χ1v) is 21.5. The van der Waals surface area contributed by atoms with E-state index >= 15 is 0 Å². The summed E-state index contributed by atoms with van der Waals surface area (Å²) < 4.78 is 2.14. The molecule has 0 N–H and O–H groups in total. The van der Waals surface area contributed by atoms with Gasteiger partial charge in [0.25, 0.3) is 0 Å². The molecule has 1 aromatic heterocycles. The van der Waals surface area contributed by atoms with Crippen molar-refractivity contribution < 1.29 is 20.1 Å². The van der Waals surface area contributed by atoms with Gasteiger partial charge in [-0.05, 0) is 69.9 Å². The predicted octanol–water partition coefficient (Wildman–Crippen LogP) is 9.10. The molecule has 7 aromatic rings. The van der Waals surface area contributed by atoms with E-state index in [0.29, 0.717) is 0 Å². The minimum atomic E-state index is -1.22. The second kappa shape index (κ2) is 22.6. The Morgan fingerprint density at radius 3 is 1.05 bits per heavy atom. The first kappa shape index (κ1) is 42.3. The number of aryl methyl sites for hydroxylation is 3. The van der Waals surface area contributed by atoms with E-state index in [2.05, 4.69) is 236 Å². The van der Waals surface area contributed by atoms with Crippen LogP contribution in [-0.4, -0.2) is 22.1 Å². The quantitative estimate of drug-likeness (QED) is 0.0804. The molecule has 5 heteroatoms. The van der Waals surface area contributed by atoms with E-state index in [0.717, 1.165) is 18.4 Å². The van der Waals surface area contributed by atoms with Gasteiger partial charge in [-0.2, -0.15) is 26.9 Å². The number of rotatable bonds is 9. The zero-order valence-corrected chi connectivity index (χ0v) is 36.2. The maximum Gasteiger partial charge on any atom is 0.108 e. The van der Waals surface area contributed by atoms with Gasteiger partial charge in [-0.3, -0.25) is 4.68 Å². The molecule has 0 unspecified atom stereocenters. The Bertz CT molecular complexity index is 1940. The summed E-state index contributed by atoms with van der Waals surface area (Å²) in [7, 11) is -0.765. The smallest absolute Gasteiger partial charge is 0.108 e. The molecular weight excluding hydrogens is 875 g/mol. The van der Waals surface area contributed by atoms with Gasteiger partial charge in [0.15, 0.2) is 0 Å². The zero-order valence-electron chi connectivity index (χ0n) is 32.8. The van der Waals surface area contributed by atoms with Gasteiger partial charge >= 0.3 is 0 Å². The normalized spacial score (nSPS) is 13.3. The van der Waals surface area contributed by atoms with Crippen LogP contribution in [0.5, 0.6) is 0 Å². The number of nitrogens with zero attached hydrogens (tertiary/aromatic N) is 2. The van der Waals surface area contributed by atoms with Gasteiger partial charge in [-0.1, -0.05) is 182 Å². The fraction of sp³-hybridized carbons (Fsp3) is 0.157. The molecule has 0 saturated carbocycles. The Morgan fingerprint density at radius 1 is 0.464 bits per heavy atom. The molecule has 6 aromatic carbocycles. The molecule has 1 aliphatic rings. The molecule has 1 aliphatic carbocycles. The van der Waals surface area contributed by atoms with E-state index in [1.54, 1.807) is 0 Å². The van der Waals surface area contributed by atoms with Crippen molar-refractivity contribution in [2.24, 2.45) is 0 Å². The average molecular weight is 929 g/mol. The maximum absolute atomic E-state index is 4.60. The molecule has 0 aliphatic heterocycles. The van der Waals surface area contributed by atoms with E-state index in [-0.39, 0.29) is 20.1 Å². The van der Waals surface area contributed by atoms with E-state index in [1.165, 1.54) is 63.8 Å². The molecule has 8 rings (SSSR count). The van der Waals surface area contributed by atoms with Gasteiger partial charge in [-0.25, -0.2) is 0 Å². The van der Waals surface area contributed by atoms with Crippen molar-refractivity contribution in [2.45, 2.75) is 46.1 Å². The number of allylic oxidation sites excluding steroid dienone is 4.